The second-order valence-electron chi connectivity index (χ2n) is 7.22. The Bertz CT molecular complexity index is 1490. The highest BCUT2D eigenvalue weighted by Crippen LogP contribution is 2.21. The van der Waals surface area contributed by atoms with Gasteiger partial charge >= 0.3 is 0 Å². The van der Waals surface area contributed by atoms with E-state index in [1.807, 2.05) is 72.9 Å². The van der Waals surface area contributed by atoms with E-state index in [1.54, 1.807) is 12.3 Å². The number of benzene rings is 3. The molecule has 3 aromatic carbocycles. The predicted molar refractivity (Wildman–Crippen MR) is 127 cm³/mol. The molecule has 0 aliphatic heterocycles. The Morgan fingerprint density at radius 3 is 2.42 bits per heavy atom. The van der Waals surface area contributed by atoms with Gasteiger partial charge < -0.3 is 4.57 Å². The lowest BCUT2D eigenvalue weighted by Gasteiger charge is -2.09. The zero-order valence-electron chi connectivity index (χ0n) is 16.8. The van der Waals surface area contributed by atoms with Gasteiger partial charge in [0.05, 0.1) is 17.1 Å². The summed E-state index contributed by atoms with van der Waals surface area (Å²) in [5.41, 5.74) is 3.31. The van der Waals surface area contributed by atoms with E-state index >= 15 is 0 Å². The standard InChI is InChI=1S/C26H20N4O/c1-2-16-29-18-20(21-12-7-9-15-24(21)29)17-27-30-25(19-10-4-3-5-11-19)28-23-14-8-6-13-22(23)26(30)31/h2-15,17-18H,1,16H2. The molecular weight excluding hydrogens is 384 g/mol. The van der Waals surface area contributed by atoms with E-state index in [9.17, 15) is 4.79 Å². The van der Waals surface area contributed by atoms with Gasteiger partial charge in [-0.1, -0.05) is 66.7 Å². The fourth-order valence-corrected chi connectivity index (χ4v) is 3.79. The largest absolute Gasteiger partial charge is 0.343 e. The number of aromatic nitrogens is 3. The Hall–Kier alpha value is -4.25. The molecule has 5 rings (SSSR count). The topological polar surface area (TPSA) is 52.2 Å². The van der Waals surface area contributed by atoms with Crippen molar-refractivity contribution in [3.05, 3.63) is 114 Å². The van der Waals surface area contributed by atoms with E-state index in [4.69, 9.17) is 4.98 Å². The van der Waals surface area contributed by atoms with Gasteiger partial charge in [-0.15, -0.1) is 6.58 Å². The molecule has 5 heteroatoms. The number of hydrogen-bond donors (Lipinski definition) is 0. The summed E-state index contributed by atoms with van der Waals surface area (Å²) in [4.78, 5) is 18.1. The molecule has 0 aliphatic rings. The highest BCUT2D eigenvalue weighted by atomic mass is 16.1. The number of hydrogen-bond acceptors (Lipinski definition) is 3. The van der Waals surface area contributed by atoms with Gasteiger partial charge in [0.15, 0.2) is 5.82 Å². The number of nitrogens with zero attached hydrogens (tertiary/aromatic N) is 4. The van der Waals surface area contributed by atoms with Crippen molar-refractivity contribution in [2.45, 2.75) is 6.54 Å². The number of rotatable bonds is 5. The minimum atomic E-state index is -0.199. The molecule has 5 nitrogen and oxygen atoms in total. The van der Waals surface area contributed by atoms with Crippen LogP contribution in [0.3, 0.4) is 0 Å². The molecule has 0 fully saturated rings. The van der Waals surface area contributed by atoms with Crippen LogP contribution >= 0.6 is 0 Å². The Morgan fingerprint density at radius 2 is 1.61 bits per heavy atom. The van der Waals surface area contributed by atoms with E-state index in [2.05, 4.69) is 28.4 Å². The second kappa shape index (κ2) is 7.88. The van der Waals surface area contributed by atoms with E-state index in [1.165, 1.54) is 4.68 Å². The van der Waals surface area contributed by atoms with E-state index in [0.717, 1.165) is 22.0 Å². The van der Waals surface area contributed by atoms with Crippen molar-refractivity contribution in [1.29, 1.82) is 0 Å². The van der Waals surface area contributed by atoms with Gasteiger partial charge in [-0.2, -0.15) is 9.78 Å². The average molecular weight is 404 g/mol. The molecule has 0 spiro atoms. The smallest absolute Gasteiger partial charge is 0.282 e. The zero-order chi connectivity index (χ0) is 21.2. The van der Waals surface area contributed by atoms with Crippen LogP contribution in [0.15, 0.2) is 108 Å². The zero-order valence-corrected chi connectivity index (χ0v) is 16.8. The van der Waals surface area contributed by atoms with Crippen LogP contribution in [0, 0.1) is 0 Å². The average Bonchev–Trinajstić information content (AvgIpc) is 3.17. The van der Waals surface area contributed by atoms with Crippen LogP contribution in [-0.4, -0.2) is 20.4 Å². The molecule has 150 valence electrons. The van der Waals surface area contributed by atoms with E-state index < -0.39 is 0 Å². The minimum Gasteiger partial charge on any atom is -0.343 e. The molecule has 0 bridgehead atoms. The fraction of sp³-hybridized carbons (Fsp3) is 0.0385. The lowest BCUT2D eigenvalue weighted by atomic mass is 10.2. The SMILES string of the molecule is C=CCn1cc(C=Nn2c(-c3ccccc3)nc3ccccc3c2=O)c2ccccc21. The van der Waals surface area contributed by atoms with Gasteiger partial charge in [0.2, 0.25) is 0 Å². The number of allylic oxidation sites excluding steroid dienone is 1. The Morgan fingerprint density at radius 1 is 0.903 bits per heavy atom. The first kappa shape index (κ1) is 18.8. The van der Waals surface area contributed by atoms with E-state index in [0.29, 0.717) is 23.3 Å². The maximum Gasteiger partial charge on any atom is 0.282 e. The molecule has 0 amide bonds. The Labute approximate surface area is 179 Å². The molecule has 2 heterocycles. The van der Waals surface area contributed by atoms with Gasteiger partial charge in [0.1, 0.15) is 0 Å². The molecule has 31 heavy (non-hydrogen) atoms. The van der Waals surface area contributed by atoms with Crippen molar-refractivity contribution in [3.63, 3.8) is 0 Å². The first-order valence-corrected chi connectivity index (χ1v) is 10.1. The molecule has 0 saturated heterocycles. The third-order valence-corrected chi connectivity index (χ3v) is 5.24. The number of fused-ring (bicyclic) bond motifs is 2. The first-order chi connectivity index (χ1) is 15.3. The first-order valence-electron chi connectivity index (χ1n) is 10.1. The van der Waals surface area contributed by atoms with Crippen LogP contribution in [0.1, 0.15) is 5.56 Å². The summed E-state index contributed by atoms with van der Waals surface area (Å²) in [7, 11) is 0. The molecule has 2 aromatic heterocycles. The Balaban J connectivity index is 1.72. The summed E-state index contributed by atoms with van der Waals surface area (Å²) in [6, 6.07) is 25.1. The number of para-hydroxylation sites is 2. The highest BCUT2D eigenvalue weighted by Gasteiger charge is 2.12. The molecule has 0 unspecified atom stereocenters. The van der Waals surface area contributed by atoms with E-state index in [-0.39, 0.29) is 5.56 Å². The van der Waals surface area contributed by atoms with Crippen molar-refractivity contribution in [2.75, 3.05) is 0 Å². The van der Waals surface area contributed by atoms with Gasteiger partial charge in [0.25, 0.3) is 5.56 Å². The van der Waals surface area contributed by atoms with Crippen molar-refractivity contribution >= 4 is 28.0 Å². The van der Waals surface area contributed by atoms with Crippen molar-refractivity contribution in [1.82, 2.24) is 14.2 Å². The Kier molecular flexibility index (Phi) is 4.77. The van der Waals surface area contributed by atoms with Crippen LogP contribution in [0.5, 0.6) is 0 Å². The quantitative estimate of drug-likeness (QED) is 0.303. The lowest BCUT2D eigenvalue weighted by Crippen LogP contribution is -2.20. The van der Waals surface area contributed by atoms with Crippen LogP contribution in [0.4, 0.5) is 0 Å². The predicted octanol–water partition coefficient (Wildman–Crippen LogP) is 5.09. The molecule has 5 aromatic rings. The molecule has 0 N–H and O–H groups in total. The van der Waals surface area contributed by atoms with Gasteiger partial charge in [-0.3, -0.25) is 4.79 Å². The third kappa shape index (κ3) is 3.36. The third-order valence-electron chi connectivity index (χ3n) is 5.24. The minimum absolute atomic E-state index is 0.199. The maximum absolute atomic E-state index is 13.3. The molecule has 0 aliphatic carbocycles. The van der Waals surface area contributed by atoms with Crippen LogP contribution < -0.4 is 5.56 Å². The monoisotopic (exact) mass is 404 g/mol. The fourth-order valence-electron chi connectivity index (χ4n) is 3.79. The summed E-state index contributed by atoms with van der Waals surface area (Å²) in [5, 5.41) is 6.21. The van der Waals surface area contributed by atoms with Crippen LogP contribution in [-0.2, 0) is 6.54 Å². The maximum atomic E-state index is 13.3. The summed E-state index contributed by atoms with van der Waals surface area (Å²) < 4.78 is 3.50. The van der Waals surface area contributed by atoms with Gasteiger partial charge in [-0.25, -0.2) is 4.98 Å². The lowest BCUT2D eigenvalue weighted by molar-refractivity contribution is 0.829. The summed E-state index contributed by atoms with van der Waals surface area (Å²) in [6.07, 6.45) is 5.61. The second-order valence-corrected chi connectivity index (χ2v) is 7.22. The summed E-state index contributed by atoms with van der Waals surface area (Å²) in [6.45, 7) is 4.54. The van der Waals surface area contributed by atoms with Crippen LogP contribution in [0.2, 0.25) is 0 Å². The normalized spacial score (nSPS) is 11.5. The molecule has 0 saturated carbocycles. The van der Waals surface area contributed by atoms with Gasteiger partial charge in [-0.05, 0) is 18.2 Å². The summed E-state index contributed by atoms with van der Waals surface area (Å²) in [5.74, 6) is 0.510. The van der Waals surface area contributed by atoms with Crippen molar-refractivity contribution < 1.29 is 0 Å². The van der Waals surface area contributed by atoms with Gasteiger partial charge in [0, 0.05) is 34.8 Å². The molecule has 0 atom stereocenters. The van der Waals surface area contributed by atoms with Crippen molar-refractivity contribution in [2.24, 2.45) is 5.10 Å². The summed E-state index contributed by atoms with van der Waals surface area (Å²) >= 11 is 0. The van der Waals surface area contributed by atoms with Crippen LogP contribution in [0.25, 0.3) is 33.2 Å². The highest BCUT2D eigenvalue weighted by molar-refractivity contribution is 5.99. The molecule has 0 radical (unpaired) electrons. The van der Waals surface area contributed by atoms with Crippen molar-refractivity contribution in [3.8, 4) is 11.4 Å². The molecular formula is C26H20N4O.